The van der Waals surface area contributed by atoms with Crippen molar-refractivity contribution < 1.29 is 19.8 Å². The Bertz CT molecular complexity index is 435. The molecule has 0 aromatic heterocycles. The van der Waals surface area contributed by atoms with E-state index in [0.717, 1.165) is 77.0 Å². The van der Waals surface area contributed by atoms with Gasteiger partial charge in [0.25, 0.3) is 0 Å². The lowest BCUT2D eigenvalue weighted by molar-refractivity contribution is -0.147. The third kappa shape index (κ3) is 15.9. The number of unbranched alkanes of at least 4 members (excludes halogenated alkanes) is 8. The minimum Gasteiger partial charge on any atom is -0.481 e. The Morgan fingerprint density at radius 2 is 1.15 bits per heavy atom. The highest BCUT2D eigenvalue weighted by Crippen LogP contribution is 2.24. The summed E-state index contributed by atoms with van der Waals surface area (Å²) in [5.41, 5.74) is -0.597. The van der Waals surface area contributed by atoms with Gasteiger partial charge in [-0.05, 0) is 65.2 Å². The van der Waals surface area contributed by atoms with Crippen LogP contribution >= 0.6 is 0 Å². The van der Waals surface area contributed by atoms with Gasteiger partial charge in [0, 0.05) is 6.42 Å². The van der Waals surface area contributed by atoms with Crippen LogP contribution in [0.3, 0.4) is 0 Å². The van der Waals surface area contributed by atoms with Crippen molar-refractivity contribution in [2.45, 2.75) is 97.3 Å². The fraction of sp³-hybridized carbons (Fsp3) is 0.727. The second-order valence-electron chi connectivity index (χ2n) is 7.66. The van der Waals surface area contributed by atoms with Gasteiger partial charge in [0.05, 0.1) is 5.41 Å². The maximum Gasteiger partial charge on any atom is 0.309 e. The van der Waals surface area contributed by atoms with E-state index in [1.165, 1.54) is 0 Å². The highest BCUT2D eigenvalue weighted by Gasteiger charge is 2.25. The van der Waals surface area contributed by atoms with Crippen LogP contribution in [-0.2, 0) is 9.59 Å². The van der Waals surface area contributed by atoms with Crippen LogP contribution in [0.2, 0.25) is 0 Å². The van der Waals surface area contributed by atoms with Gasteiger partial charge < -0.3 is 10.2 Å². The van der Waals surface area contributed by atoms with Crippen LogP contribution in [0.1, 0.15) is 97.3 Å². The maximum atomic E-state index is 11.0. The molecule has 0 saturated heterocycles. The molecule has 0 unspecified atom stereocenters. The molecule has 0 rings (SSSR count). The van der Waals surface area contributed by atoms with Crippen molar-refractivity contribution in [2.75, 3.05) is 0 Å². The average molecular weight is 367 g/mol. The second kappa shape index (κ2) is 15.7. The maximum absolute atomic E-state index is 11.0. The van der Waals surface area contributed by atoms with E-state index < -0.39 is 17.4 Å². The first kappa shape index (κ1) is 24.4. The monoisotopic (exact) mass is 366 g/mol. The lowest BCUT2D eigenvalue weighted by Gasteiger charge is -2.18. The van der Waals surface area contributed by atoms with Crippen molar-refractivity contribution in [2.24, 2.45) is 5.41 Å². The molecule has 0 spiro atoms. The Hall–Kier alpha value is -1.58. The summed E-state index contributed by atoms with van der Waals surface area (Å²) < 4.78 is 0. The third-order valence-corrected chi connectivity index (χ3v) is 4.60. The van der Waals surface area contributed by atoms with E-state index in [1.807, 2.05) is 0 Å². The van der Waals surface area contributed by atoms with Crippen LogP contribution in [0.25, 0.3) is 0 Å². The van der Waals surface area contributed by atoms with E-state index in [-0.39, 0.29) is 0 Å². The second-order valence-corrected chi connectivity index (χ2v) is 7.66. The molecule has 0 aliphatic heterocycles. The molecule has 26 heavy (non-hydrogen) atoms. The minimum absolute atomic E-state index is 0.294. The lowest BCUT2D eigenvalue weighted by Crippen LogP contribution is -2.23. The molecule has 0 atom stereocenters. The molecule has 0 aliphatic carbocycles. The Kier molecular flexibility index (Phi) is 14.7. The molecule has 0 heterocycles. The summed E-state index contributed by atoms with van der Waals surface area (Å²) in [6.45, 7) is 3.59. The molecule has 150 valence electrons. The van der Waals surface area contributed by atoms with Crippen molar-refractivity contribution in [3.63, 3.8) is 0 Å². The highest BCUT2D eigenvalue weighted by molar-refractivity contribution is 5.73. The normalized spacial score (nSPS) is 12.2. The largest absolute Gasteiger partial charge is 0.481 e. The summed E-state index contributed by atoms with van der Waals surface area (Å²) in [5, 5.41) is 17.6. The first-order chi connectivity index (χ1) is 12.4. The quantitative estimate of drug-likeness (QED) is 0.232. The third-order valence-electron chi connectivity index (χ3n) is 4.60. The SMILES string of the molecule is CC(C)(CCCCC/C=C/CC/C=C/CCCCCCC(=O)O)C(=O)O. The zero-order chi connectivity index (χ0) is 19.7. The molecule has 4 heteroatoms. The molecule has 0 aromatic carbocycles. The first-order valence-electron chi connectivity index (χ1n) is 10.1. The number of carboxylic acid groups (broad SMARTS) is 2. The summed E-state index contributed by atoms with van der Waals surface area (Å²) in [4.78, 5) is 21.4. The van der Waals surface area contributed by atoms with Gasteiger partial charge >= 0.3 is 11.9 Å². The summed E-state index contributed by atoms with van der Waals surface area (Å²) in [6.07, 6.45) is 21.5. The fourth-order valence-electron chi connectivity index (χ4n) is 2.67. The molecule has 0 saturated carbocycles. The molecule has 0 amide bonds. The summed E-state index contributed by atoms with van der Waals surface area (Å²) >= 11 is 0. The van der Waals surface area contributed by atoms with E-state index in [0.29, 0.717) is 6.42 Å². The Balaban J connectivity index is 3.38. The minimum atomic E-state index is -0.705. The van der Waals surface area contributed by atoms with Crippen molar-refractivity contribution in [3.8, 4) is 0 Å². The molecule has 0 aromatic rings. The number of hydrogen-bond donors (Lipinski definition) is 2. The van der Waals surface area contributed by atoms with Gasteiger partial charge in [0.15, 0.2) is 0 Å². The van der Waals surface area contributed by atoms with Crippen LogP contribution in [0.4, 0.5) is 0 Å². The van der Waals surface area contributed by atoms with E-state index >= 15 is 0 Å². The van der Waals surface area contributed by atoms with Crippen molar-refractivity contribution in [1.82, 2.24) is 0 Å². The van der Waals surface area contributed by atoms with Gasteiger partial charge in [-0.3, -0.25) is 9.59 Å². The van der Waals surface area contributed by atoms with Crippen LogP contribution in [0.15, 0.2) is 24.3 Å². The molecule has 2 N–H and O–H groups in total. The Morgan fingerprint density at radius 3 is 1.65 bits per heavy atom. The number of carbonyl (C=O) groups is 2. The first-order valence-corrected chi connectivity index (χ1v) is 10.1. The summed E-state index contributed by atoms with van der Waals surface area (Å²) in [6, 6.07) is 0. The van der Waals surface area contributed by atoms with Gasteiger partial charge in [0.2, 0.25) is 0 Å². The van der Waals surface area contributed by atoms with E-state index in [1.54, 1.807) is 13.8 Å². The molecular weight excluding hydrogens is 328 g/mol. The predicted octanol–water partition coefficient (Wildman–Crippen LogP) is 6.37. The summed E-state index contributed by atoms with van der Waals surface area (Å²) in [7, 11) is 0. The predicted molar refractivity (Wildman–Crippen MR) is 107 cm³/mol. The molecule has 0 bridgehead atoms. The van der Waals surface area contributed by atoms with E-state index in [9.17, 15) is 9.59 Å². The molecule has 4 nitrogen and oxygen atoms in total. The number of allylic oxidation sites excluding steroid dienone is 4. The topological polar surface area (TPSA) is 74.6 Å². The zero-order valence-electron chi connectivity index (χ0n) is 16.7. The van der Waals surface area contributed by atoms with Crippen molar-refractivity contribution in [1.29, 1.82) is 0 Å². The van der Waals surface area contributed by atoms with Crippen LogP contribution in [-0.4, -0.2) is 22.2 Å². The van der Waals surface area contributed by atoms with Crippen LogP contribution in [0.5, 0.6) is 0 Å². The summed E-state index contributed by atoms with van der Waals surface area (Å²) in [5.74, 6) is -1.40. The zero-order valence-corrected chi connectivity index (χ0v) is 16.7. The smallest absolute Gasteiger partial charge is 0.309 e. The number of hydrogen-bond acceptors (Lipinski definition) is 2. The van der Waals surface area contributed by atoms with E-state index in [4.69, 9.17) is 10.2 Å². The van der Waals surface area contributed by atoms with Crippen LogP contribution in [0, 0.1) is 5.41 Å². The molecule has 0 fully saturated rings. The number of rotatable bonds is 17. The molecule has 0 radical (unpaired) electrons. The van der Waals surface area contributed by atoms with Gasteiger partial charge in [0.1, 0.15) is 0 Å². The Morgan fingerprint density at radius 1 is 0.692 bits per heavy atom. The fourth-order valence-corrected chi connectivity index (χ4v) is 2.67. The highest BCUT2D eigenvalue weighted by atomic mass is 16.4. The molecular formula is C22H38O4. The van der Waals surface area contributed by atoms with E-state index in [2.05, 4.69) is 24.3 Å². The molecule has 0 aliphatic rings. The average Bonchev–Trinajstić information content (AvgIpc) is 2.57. The van der Waals surface area contributed by atoms with Crippen molar-refractivity contribution >= 4 is 11.9 Å². The number of aliphatic carboxylic acids is 2. The van der Waals surface area contributed by atoms with Gasteiger partial charge in [-0.2, -0.15) is 0 Å². The standard InChI is InChI=1S/C22H38O4/c1-22(2,21(25)26)19-17-15-13-11-9-7-5-3-4-6-8-10-12-14-16-18-20(23)24/h4,6-7,9H,3,5,8,10-19H2,1-2H3,(H,23,24)(H,25,26)/b6-4+,9-7+. The Labute approximate surface area is 159 Å². The van der Waals surface area contributed by atoms with Gasteiger partial charge in [-0.25, -0.2) is 0 Å². The van der Waals surface area contributed by atoms with Crippen molar-refractivity contribution in [3.05, 3.63) is 24.3 Å². The van der Waals surface area contributed by atoms with Gasteiger partial charge in [-0.15, -0.1) is 0 Å². The number of carboxylic acids is 2. The lowest BCUT2D eigenvalue weighted by atomic mass is 9.87. The van der Waals surface area contributed by atoms with Gasteiger partial charge in [-0.1, -0.05) is 50.0 Å². The van der Waals surface area contributed by atoms with Crippen LogP contribution < -0.4 is 0 Å².